The van der Waals surface area contributed by atoms with Crippen molar-refractivity contribution in [1.82, 2.24) is 5.32 Å². The predicted molar refractivity (Wildman–Crippen MR) is 36.2 cm³/mol. The Bertz CT molecular complexity index is 202. The molecule has 1 saturated heterocycles. The molecule has 1 aliphatic heterocycles. The number of ketones is 1. The number of nitrogens with one attached hydrogen (secondary N) is 1. The van der Waals surface area contributed by atoms with Crippen LogP contribution in [0.15, 0.2) is 0 Å². The average molecular weight is 138 g/mol. The van der Waals surface area contributed by atoms with E-state index < -0.39 is 11.5 Å². The monoisotopic (exact) mass is 138 g/mol. The Morgan fingerprint density at radius 2 is 2.40 bits per heavy atom. The summed E-state index contributed by atoms with van der Waals surface area (Å²) in [6, 6.07) is 1.96. The molecule has 0 aromatic carbocycles. The third kappa shape index (κ3) is 0.910. The largest absolute Gasteiger partial charge is 0.304 e. The molecule has 1 aliphatic rings. The first-order valence-electron chi connectivity index (χ1n) is 3.27. The molecule has 3 heteroatoms. The molecule has 1 unspecified atom stereocenters. The molecule has 0 bridgehead atoms. The van der Waals surface area contributed by atoms with Crippen LogP contribution in [0, 0.1) is 17.2 Å². The van der Waals surface area contributed by atoms with Crippen LogP contribution in [-0.2, 0) is 4.79 Å². The maximum Gasteiger partial charge on any atom is 0.170 e. The van der Waals surface area contributed by atoms with Crippen LogP contribution in [0.2, 0.25) is 0 Å². The molecular weight excluding hydrogens is 128 g/mol. The molecule has 0 spiro atoms. The zero-order valence-corrected chi connectivity index (χ0v) is 6.14. The fraction of sp³-hybridized carbons (Fsp3) is 0.714. The van der Waals surface area contributed by atoms with Gasteiger partial charge in [0.05, 0.1) is 11.6 Å². The minimum atomic E-state index is -0.486. The molecule has 1 heterocycles. The quantitative estimate of drug-likeness (QED) is 0.515. The molecule has 0 radical (unpaired) electrons. The molecular formula is C7H10N2O. The van der Waals surface area contributed by atoms with Crippen LogP contribution in [0.25, 0.3) is 0 Å². The second-order valence-electron chi connectivity index (χ2n) is 3.05. The average Bonchev–Trinajstić information content (AvgIpc) is 2.10. The van der Waals surface area contributed by atoms with E-state index in [-0.39, 0.29) is 5.78 Å². The molecule has 0 amide bonds. The lowest BCUT2D eigenvalue weighted by Gasteiger charge is -2.14. The van der Waals surface area contributed by atoms with Gasteiger partial charge in [0.2, 0.25) is 0 Å². The molecule has 0 aromatic heterocycles. The van der Waals surface area contributed by atoms with Crippen molar-refractivity contribution in [3.63, 3.8) is 0 Å². The van der Waals surface area contributed by atoms with Crippen LogP contribution in [0.3, 0.4) is 0 Å². The molecule has 1 rings (SSSR count). The maximum absolute atomic E-state index is 11.2. The van der Waals surface area contributed by atoms with Crippen molar-refractivity contribution >= 4 is 5.78 Å². The van der Waals surface area contributed by atoms with Gasteiger partial charge in [0.15, 0.2) is 5.78 Å². The number of nitrogens with zero attached hydrogens (tertiary/aromatic N) is 1. The summed E-state index contributed by atoms with van der Waals surface area (Å²) in [6.07, 6.45) is 0. The highest BCUT2D eigenvalue weighted by Crippen LogP contribution is 2.17. The van der Waals surface area contributed by atoms with E-state index in [1.54, 1.807) is 13.8 Å². The first-order chi connectivity index (χ1) is 4.58. The van der Waals surface area contributed by atoms with Gasteiger partial charge in [-0.15, -0.1) is 0 Å². The van der Waals surface area contributed by atoms with Crippen molar-refractivity contribution in [2.75, 3.05) is 6.54 Å². The number of nitriles is 1. The van der Waals surface area contributed by atoms with Crippen LogP contribution in [0.1, 0.15) is 13.8 Å². The van der Waals surface area contributed by atoms with E-state index in [4.69, 9.17) is 5.26 Å². The third-order valence-corrected chi connectivity index (χ3v) is 1.84. The summed E-state index contributed by atoms with van der Waals surface area (Å²) in [6.45, 7) is 4.10. The normalized spacial score (nSPS) is 30.1. The topological polar surface area (TPSA) is 52.9 Å². The number of hydrogen-bond donors (Lipinski definition) is 1. The SMILES string of the molecule is CC1(C)NCC(C#N)C1=O. The zero-order chi connectivity index (χ0) is 7.78. The van der Waals surface area contributed by atoms with Gasteiger partial charge < -0.3 is 5.32 Å². The summed E-state index contributed by atoms with van der Waals surface area (Å²) in [5, 5.41) is 11.4. The van der Waals surface area contributed by atoms with E-state index >= 15 is 0 Å². The van der Waals surface area contributed by atoms with Crippen LogP contribution >= 0.6 is 0 Å². The summed E-state index contributed by atoms with van der Waals surface area (Å²) in [5.41, 5.74) is -0.486. The minimum Gasteiger partial charge on any atom is -0.304 e. The lowest BCUT2D eigenvalue weighted by atomic mass is 9.96. The summed E-state index contributed by atoms with van der Waals surface area (Å²) in [5.74, 6) is -0.426. The van der Waals surface area contributed by atoms with Gasteiger partial charge in [-0.05, 0) is 13.8 Å². The van der Waals surface area contributed by atoms with Gasteiger partial charge in [0.1, 0.15) is 5.92 Å². The highest BCUT2D eigenvalue weighted by molar-refractivity contribution is 5.93. The van der Waals surface area contributed by atoms with E-state index in [0.717, 1.165) is 0 Å². The minimum absolute atomic E-state index is 0.00926. The summed E-state index contributed by atoms with van der Waals surface area (Å²) < 4.78 is 0. The van der Waals surface area contributed by atoms with E-state index in [9.17, 15) is 4.79 Å². The van der Waals surface area contributed by atoms with Gasteiger partial charge in [-0.2, -0.15) is 5.26 Å². The highest BCUT2D eigenvalue weighted by atomic mass is 16.1. The summed E-state index contributed by atoms with van der Waals surface area (Å²) in [4.78, 5) is 11.2. The van der Waals surface area contributed by atoms with E-state index in [1.165, 1.54) is 0 Å². The molecule has 54 valence electrons. The number of carbonyl (C=O) groups is 1. The van der Waals surface area contributed by atoms with Crippen molar-refractivity contribution in [3.05, 3.63) is 0 Å². The molecule has 10 heavy (non-hydrogen) atoms. The Morgan fingerprint density at radius 3 is 2.60 bits per heavy atom. The number of rotatable bonds is 0. The van der Waals surface area contributed by atoms with Crippen molar-refractivity contribution in [2.45, 2.75) is 19.4 Å². The molecule has 1 N–H and O–H groups in total. The summed E-state index contributed by atoms with van der Waals surface area (Å²) >= 11 is 0. The van der Waals surface area contributed by atoms with Crippen LogP contribution in [0.5, 0.6) is 0 Å². The van der Waals surface area contributed by atoms with Gasteiger partial charge in [0.25, 0.3) is 0 Å². The van der Waals surface area contributed by atoms with Gasteiger partial charge in [-0.1, -0.05) is 0 Å². The molecule has 0 aliphatic carbocycles. The van der Waals surface area contributed by atoms with Crippen molar-refractivity contribution in [1.29, 1.82) is 5.26 Å². The molecule has 1 fully saturated rings. The van der Waals surface area contributed by atoms with Gasteiger partial charge in [-0.25, -0.2) is 0 Å². The number of Topliss-reactive ketones (excluding diaryl/α,β-unsaturated/α-hetero) is 1. The smallest absolute Gasteiger partial charge is 0.170 e. The molecule has 3 nitrogen and oxygen atoms in total. The van der Waals surface area contributed by atoms with Crippen molar-refractivity contribution < 1.29 is 4.79 Å². The number of hydrogen-bond acceptors (Lipinski definition) is 3. The molecule has 0 saturated carbocycles. The molecule has 0 aromatic rings. The first kappa shape index (κ1) is 7.23. The third-order valence-electron chi connectivity index (χ3n) is 1.84. The van der Waals surface area contributed by atoms with Crippen LogP contribution < -0.4 is 5.32 Å². The Balaban J connectivity index is 2.80. The van der Waals surface area contributed by atoms with Gasteiger partial charge >= 0.3 is 0 Å². The lowest BCUT2D eigenvalue weighted by molar-refractivity contribution is -0.123. The fourth-order valence-corrected chi connectivity index (χ4v) is 1.08. The second kappa shape index (κ2) is 2.06. The Labute approximate surface area is 60.0 Å². The maximum atomic E-state index is 11.2. The number of carbonyl (C=O) groups excluding carboxylic acids is 1. The fourth-order valence-electron chi connectivity index (χ4n) is 1.08. The highest BCUT2D eigenvalue weighted by Gasteiger charge is 2.39. The van der Waals surface area contributed by atoms with Crippen molar-refractivity contribution in [3.8, 4) is 6.07 Å². The Hall–Kier alpha value is -0.880. The van der Waals surface area contributed by atoms with E-state index in [2.05, 4.69) is 5.32 Å². The summed E-state index contributed by atoms with van der Waals surface area (Å²) in [7, 11) is 0. The van der Waals surface area contributed by atoms with E-state index in [1.807, 2.05) is 6.07 Å². The standard InChI is InChI=1S/C7H10N2O/c1-7(2)6(10)5(3-8)4-9-7/h5,9H,4H2,1-2H3. The predicted octanol–water partition coefficient (Wildman–Crippen LogP) is 0.0771. The van der Waals surface area contributed by atoms with Crippen LogP contribution in [0.4, 0.5) is 0 Å². The zero-order valence-electron chi connectivity index (χ0n) is 6.14. The second-order valence-corrected chi connectivity index (χ2v) is 3.05. The molecule has 1 atom stereocenters. The van der Waals surface area contributed by atoms with Gasteiger partial charge in [-0.3, -0.25) is 4.79 Å². The Kier molecular flexibility index (Phi) is 1.49. The lowest BCUT2D eigenvalue weighted by Crippen LogP contribution is -2.38. The van der Waals surface area contributed by atoms with E-state index in [0.29, 0.717) is 6.54 Å². The van der Waals surface area contributed by atoms with Gasteiger partial charge in [0, 0.05) is 6.54 Å². The Morgan fingerprint density at radius 1 is 1.80 bits per heavy atom. The van der Waals surface area contributed by atoms with Crippen LogP contribution in [-0.4, -0.2) is 17.9 Å². The first-order valence-corrected chi connectivity index (χ1v) is 3.27. The van der Waals surface area contributed by atoms with Crippen molar-refractivity contribution in [2.24, 2.45) is 5.92 Å².